The largest absolute Gasteiger partial charge is 0.506 e. The number of nitrogens with zero attached hydrogens (tertiary/aromatic N) is 1. The Hall–Kier alpha value is -3.15. The van der Waals surface area contributed by atoms with Gasteiger partial charge in [-0.15, -0.1) is 0 Å². The summed E-state index contributed by atoms with van der Waals surface area (Å²) in [6, 6.07) is 11.1. The van der Waals surface area contributed by atoms with E-state index < -0.39 is 28.6 Å². The molecule has 0 aliphatic rings. The van der Waals surface area contributed by atoms with Gasteiger partial charge in [0.05, 0.1) is 5.52 Å². The van der Waals surface area contributed by atoms with E-state index in [1.165, 1.54) is 10.6 Å². The number of carbonyl (C=O) groups is 1. The number of rotatable bonds is 4. The summed E-state index contributed by atoms with van der Waals surface area (Å²) < 4.78 is 15.7. The van der Waals surface area contributed by atoms with Gasteiger partial charge in [-0.3, -0.25) is 9.59 Å². The van der Waals surface area contributed by atoms with E-state index in [9.17, 15) is 19.1 Å². The molecule has 0 atom stereocenters. The van der Waals surface area contributed by atoms with Gasteiger partial charge in [-0.1, -0.05) is 44.2 Å². The van der Waals surface area contributed by atoms with Crippen LogP contribution in [0.4, 0.5) is 4.39 Å². The predicted molar refractivity (Wildman–Crippen MR) is 98.6 cm³/mol. The molecule has 6 heteroatoms. The molecule has 0 aliphatic heterocycles. The van der Waals surface area contributed by atoms with Crippen molar-refractivity contribution in [3.63, 3.8) is 0 Å². The van der Waals surface area contributed by atoms with E-state index in [0.29, 0.717) is 17.6 Å². The zero-order valence-electron chi connectivity index (χ0n) is 14.5. The van der Waals surface area contributed by atoms with Crippen molar-refractivity contribution in [2.75, 3.05) is 0 Å². The Morgan fingerprint density at radius 1 is 1.15 bits per heavy atom. The summed E-state index contributed by atoms with van der Waals surface area (Å²) in [4.78, 5) is 24.5. The van der Waals surface area contributed by atoms with Crippen LogP contribution in [-0.4, -0.2) is 15.6 Å². The lowest BCUT2D eigenvalue weighted by Gasteiger charge is -2.18. The number of pyridine rings is 1. The number of carbonyl (C=O) groups excluding carboxylic acids is 1. The van der Waals surface area contributed by atoms with Crippen molar-refractivity contribution in [2.24, 2.45) is 11.7 Å². The molecule has 3 N–H and O–H groups in total. The minimum Gasteiger partial charge on any atom is -0.506 e. The summed E-state index contributed by atoms with van der Waals surface area (Å²) in [5.74, 6) is -1.90. The molecule has 1 heterocycles. The molecule has 5 nitrogen and oxygen atoms in total. The first-order valence-corrected chi connectivity index (χ1v) is 8.26. The second-order valence-electron chi connectivity index (χ2n) is 6.58. The SMILES string of the molecule is CC(C)Cn1c(=O)c(C(N)=O)c(O)c2c(-c3ccccc3F)cccc21. The third-order valence-electron chi connectivity index (χ3n) is 4.22. The van der Waals surface area contributed by atoms with Crippen molar-refractivity contribution >= 4 is 16.8 Å². The van der Waals surface area contributed by atoms with Crippen molar-refractivity contribution < 1.29 is 14.3 Å². The van der Waals surface area contributed by atoms with E-state index in [0.717, 1.165) is 0 Å². The van der Waals surface area contributed by atoms with Crippen LogP contribution in [0.3, 0.4) is 0 Å². The molecule has 2 aromatic carbocycles. The fourth-order valence-corrected chi connectivity index (χ4v) is 3.16. The maximum Gasteiger partial charge on any atom is 0.267 e. The molecule has 3 rings (SSSR count). The zero-order valence-corrected chi connectivity index (χ0v) is 14.5. The molecule has 0 aliphatic carbocycles. The van der Waals surface area contributed by atoms with Crippen LogP contribution >= 0.6 is 0 Å². The number of benzene rings is 2. The smallest absolute Gasteiger partial charge is 0.267 e. The van der Waals surface area contributed by atoms with Crippen LogP contribution in [0.15, 0.2) is 47.3 Å². The van der Waals surface area contributed by atoms with Crippen LogP contribution < -0.4 is 11.3 Å². The number of aromatic nitrogens is 1. The molecule has 3 aromatic rings. The lowest BCUT2D eigenvalue weighted by molar-refractivity contribution is 0.0996. The predicted octanol–water partition coefficient (Wildman–Crippen LogP) is 3.27. The highest BCUT2D eigenvalue weighted by molar-refractivity contribution is 6.06. The monoisotopic (exact) mass is 354 g/mol. The van der Waals surface area contributed by atoms with E-state index in [-0.39, 0.29) is 16.9 Å². The summed E-state index contributed by atoms with van der Waals surface area (Å²) in [5, 5.41) is 10.9. The maximum atomic E-state index is 14.3. The van der Waals surface area contributed by atoms with Gasteiger partial charge in [0, 0.05) is 17.5 Å². The van der Waals surface area contributed by atoms with Crippen LogP contribution in [0.1, 0.15) is 24.2 Å². The fourth-order valence-electron chi connectivity index (χ4n) is 3.16. The average Bonchev–Trinajstić information content (AvgIpc) is 2.58. The zero-order chi connectivity index (χ0) is 19.0. The van der Waals surface area contributed by atoms with Crippen molar-refractivity contribution in [3.8, 4) is 16.9 Å². The summed E-state index contributed by atoms with van der Waals surface area (Å²) in [5.41, 5.74) is 5.28. The first kappa shape index (κ1) is 17.7. The lowest BCUT2D eigenvalue weighted by Crippen LogP contribution is -2.31. The van der Waals surface area contributed by atoms with E-state index in [1.807, 2.05) is 13.8 Å². The van der Waals surface area contributed by atoms with Crippen LogP contribution in [0, 0.1) is 11.7 Å². The minimum atomic E-state index is -1.02. The average molecular weight is 354 g/mol. The third kappa shape index (κ3) is 2.83. The van der Waals surface area contributed by atoms with E-state index in [1.54, 1.807) is 36.4 Å². The van der Waals surface area contributed by atoms with Gasteiger partial charge in [0.25, 0.3) is 11.5 Å². The van der Waals surface area contributed by atoms with Gasteiger partial charge >= 0.3 is 0 Å². The first-order chi connectivity index (χ1) is 12.3. The van der Waals surface area contributed by atoms with E-state index >= 15 is 0 Å². The van der Waals surface area contributed by atoms with Crippen molar-refractivity contribution in [2.45, 2.75) is 20.4 Å². The molecule has 0 spiro atoms. The number of fused-ring (bicyclic) bond motifs is 1. The summed E-state index contributed by atoms with van der Waals surface area (Å²) >= 11 is 0. The normalized spacial score (nSPS) is 11.2. The van der Waals surface area contributed by atoms with Gasteiger partial charge in [-0.2, -0.15) is 0 Å². The maximum absolute atomic E-state index is 14.3. The first-order valence-electron chi connectivity index (χ1n) is 8.26. The van der Waals surface area contributed by atoms with Crippen LogP contribution in [0.5, 0.6) is 5.75 Å². The van der Waals surface area contributed by atoms with E-state index in [2.05, 4.69) is 0 Å². The second-order valence-corrected chi connectivity index (χ2v) is 6.58. The third-order valence-corrected chi connectivity index (χ3v) is 4.22. The number of primary amides is 1. The number of hydrogen-bond acceptors (Lipinski definition) is 3. The van der Waals surface area contributed by atoms with Crippen LogP contribution in [-0.2, 0) is 6.54 Å². The quantitative estimate of drug-likeness (QED) is 0.754. The van der Waals surface area contributed by atoms with Gasteiger partial charge in [-0.05, 0) is 23.6 Å². The Kier molecular flexibility index (Phi) is 4.50. The highest BCUT2D eigenvalue weighted by Gasteiger charge is 2.23. The van der Waals surface area contributed by atoms with Crippen molar-refractivity contribution in [1.29, 1.82) is 0 Å². The highest BCUT2D eigenvalue weighted by atomic mass is 19.1. The molecule has 1 amide bonds. The van der Waals surface area contributed by atoms with Gasteiger partial charge in [-0.25, -0.2) is 4.39 Å². The number of amides is 1. The second kappa shape index (κ2) is 6.63. The molecule has 26 heavy (non-hydrogen) atoms. The Morgan fingerprint density at radius 2 is 1.81 bits per heavy atom. The van der Waals surface area contributed by atoms with Gasteiger partial charge in [0.15, 0.2) is 0 Å². The molecular weight excluding hydrogens is 335 g/mol. The topological polar surface area (TPSA) is 85.3 Å². The summed E-state index contributed by atoms with van der Waals surface area (Å²) in [6.45, 7) is 4.18. The number of halogens is 1. The lowest BCUT2D eigenvalue weighted by atomic mass is 9.97. The number of nitrogens with two attached hydrogens (primary N) is 1. The van der Waals surface area contributed by atoms with Crippen LogP contribution in [0.25, 0.3) is 22.0 Å². The van der Waals surface area contributed by atoms with Gasteiger partial charge < -0.3 is 15.4 Å². The molecule has 0 saturated carbocycles. The molecule has 1 aromatic heterocycles. The summed E-state index contributed by atoms with van der Waals surface area (Å²) in [7, 11) is 0. The fraction of sp³-hybridized carbons (Fsp3) is 0.200. The molecule has 134 valence electrons. The van der Waals surface area contributed by atoms with Gasteiger partial charge in [0.1, 0.15) is 17.1 Å². The van der Waals surface area contributed by atoms with Crippen molar-refractivity contribution in [3.05, 3.63) is 64.2 Å². The standard InChI is InChI=1S/C20H19FN2O3/c1-11(2)10-23-15-9-5-7-13(12-6-3-4-8-14(12)21)16(15)18(24)17(19(22)25)20(23)26/h3-9,11,24H,10H2,1-2H3,(H2,22,25). The minimum absolute atomic E-state index is 0.110. The van der Waals surface area contributed by atoms with Gasteiger partial charge in [0.2, 0.25) is 0 Å². The molecule has 0 bridgehead atoms. The molecule has 0 fully saturated rings. The van der Waals surface area contributed by atoms with E-state index in [4.69, 9.17) is 5.73 Å². The Balaban J connectivity index is 2.51. The Bertz CT molecular complexity index is 1070. The summed E-state index contributed by atoms with van der Waals surface area (Å²) in [6.07, 6.45) is 0. The molecule has 0 saturated heterocycles. The number of hydrogen-bond donors (Lipinski definition) is 2. The molecule has 0 unspecified atom stereocenters. The van der Waals surface area contributed by atoms with Crippen LogP contribution in [0.2, 0.25) is 0 Å². The molecular formula is C20H19FN2O3. The van der Waals surface area contributed by atoms with Crippen molar-refractivity contribution in [1.82, 2.24) is 4.57 Å². The molecule has 0 radical (unpaired) electrons. The Morgan fingerprint density at radius 3 is 2.42 bits per heavy atom. The Labute approximate surface area is 149 Å². The number of aromatic hydroxyl groups is 1. The highest BCUT2D eigenvalue weighted by Crippen LogP contribution is 2.36.